The number of ketones is 1. The normalized spacial score (nSPS) is 25.5. The summed E-state index contributed by atoms with van der Waals surface area (Å²) in [6, 6.07) is 9.71. The monoisotopic (exact) mass is 456 g/mol. The second-order valence-electron chi connectivity index (χ2n) is 7.78. The van der Waals surface area contributed by atoms with E-state index in [1.165, 1.54) is 25.3 Å². The number of aromatic hydroxyl groups is 1. The van der Waals surface area contributed by atoms with Crippen molar-refractivity contribution in [3.8, 4) is 11.5 Å². The van der Waals surface area contributed by atoms with E-state index in [0.29, 0.717) is 0 Å². The molecule has 0 bridgehead atoms. The number of ether oxygens (including phenoxy) is 2. The maximum absolute atomic E-state index is 12.9. The Kier molecular flexibility index (Phi) is 6.50. The van der Waals surface area contributed by atoms with Crippen LogP contribution in [-0.4, -0.2) is 69.4 Å². The topological polar surface area (TPSA) is 150 Å². The van der Waals surface area contributed by atoms with Gasteiger partial charge in [-0.3, -0.25) is 4.79 Å². The van der Waals surface area contributed by atoms with Crippen LogP contribution in [0.1, 0.15) is 27.6 Å². The molecule has 4 rings (SSSR count). The smallest absolute Gasteiger partial charge is 0.189 e. The number of aliphatic hydroxyl groups excluding tert-OH is 4. The Morgan fingerprint density at radius 3 is 2.61 bits per heavy atom. The molecule has 0 aliphatic carbocycles. The number of carbonyl (C=O) groups is 1. The van der Waals surface area contributed by atoms with E-state index in [0.717, 1.165) is 16.5 Å². The number of aliphatic hydroxyl groups is 4. The molecule has 2 aromatic carbocycles. The number of benzene rings is 2. The summed E-state index contributed by atoms with van der Waals surface area (Å²) in [5.74, 6) is -0.767. The summed E-state index contributed by atoms with van der Waals surface area (Å²) in [7, 11) is 1.33. The Balaban J connectivity index is 1.66. The first-order valence-corrected chi connectivity index (χ1v) is 10.2. The van der Waals surface area contributed by atoms with Gasteiger partial charge < -0.3 is 39.4 Å². The largest absolute Gasteiger partial charge is 0.507 e. The van der Waals surface area contributed by atoms with Gasteiger partial charge in [-0.1, -0.05) is 12.1 Å². The fourth-order valence-corrected chi connectivity index (χ4v) is 3.89. The van der Waals surface area contributed by atoms with Gasteiger partial charge in [0.15, 0.2) is 5.78 Å². The van der Waals surface area contributed by atoms with Gasteiger partial charge in [0.2, 0.25) is 0 Å². The maximum atomic E-state index is 12.9. The van der Waals surface area contributed by atoms with Crippen LogP contribution in [0.2, 0.25) is 0 Å². The van der Waals surface area contributed by atoms with Gasteiger partial charge in [0.25, 0.3) is 0 Å². The zero-order chi connectivity index (χ0) is 23.7. The van der Waals surface area contributed by atoms with Crippen molar-refractivity contribution in [1.29, 1.82) is 0 Å². The molecule has 5 N–H and O–H groups in total. The van der Waals surface area contributed by atoms with E-state index in [9.17, 15) is 30.3 Å². The van der Waals surface area contributed by atoms with Crippen molar-refractivity contribution in [3.05, 3.63) is 65.4 Å². The SMILES string of the molecule is COc1cc(O)c(C(=O)C=Cc2ccc3occc3c2)cc1[C@@H]1O[C@H](CO)[C@@H](O)[C@H](O)[C@H]1O. The molecule has 5 atom stereocenters. The summed E-state index contributed by atoms with van der Waals surface area (Å²) in [4.78, 5) is 12.9. The lowest BCUT2D eigenvalue weighted by atomic mass is 9.89. The minimum atomic E-state index is -1.60. The molecule has 9 nitrogen and oxygen atoms in total. The van der Waals surface area contributed by atoms with Crippen LogP contribution in [0, 0.1) is 0 Å². The third-order valence-corrected chi connectivity index (χ3v) is 5.72. The molecule has 0 unspecified atom stereocenters. The number of allylic oxidation sites excluding steroid dienone is 1. The standard InChI is InChI=1S/C24H24O9/c1-31-19-10-17(27)14(9-15(19)24-23(30)22(29)21(28)20(11-25)33-24)16(26)4-2-12-3-5-18-13(8-12)6-7-32-18/h2-10,20-25,27-30H,11H2,1H3/t20-,21-,22+,23-,24+/m1/s1. The molecule has 0 spiro atoms. The van der Waals surface area contributed by atoms with Crippen molar-refractivity contribution in [1.82, 2.24) is 0 Å². The summed E-state index contributed by atoms with van der Waals surface area (Å²) in [5.41, 5.74) is 1.56. The zero-order valence-corrected chi connectivity index (χ0v) is 17.7. The first kappa shape index (κ1) is 23.0. The molecule has 0 saturated carbocycles. The molecule has 33 heavy (non-hydrogen) atoms. The van der Waals surface area contributed by atoms with Crippen LogP contribution in [0.25, 0.3) is 17.0 Å². The predicted molar refractivity (Wildman–Crippen MR) is 117 cm³/mol. The minimum Gasteiger partial charge on any atom is -0.507 e. The molecule has 2 heterocycles. The van der Waals surface area contributed by atoms with Gasteiger partial charge in [-0.2, -0.15) is 0 Å². The molecule has 174 valence electrons. The van der Waals surface area contributed by atoms with Crippen LogP contribution < -0.4 is 4.74 Å². The van der Waals surface area contributed by atoms with Gasteiger partial charge >= 0.3 is 0 Å². The molecular formula is C24H24O9. The number of furan rings is 1. The van der Waals surface area contributed by atoms with E-state index in [4.69, 9.17) is 13.9 Å². The first-order valence-electron chi connectivity index (χ1n) is 10.2. The Morgan fingerprint density at radius 2 is 1.88 bits per heavy atom. The average Bonchev–Trinajstić information content (AvgIpc) is 3.29. The highest BCUT2D eigenvalue weighted by Gasteiger charge is 2.45. The fourth-order valence-electron chi connectivity index (χ4n) is 3.89. The molecule has 1 aliphatic heterocycles. The van der Waals surface area contributed by atoms with Crippen LogP contribution >= 0.6 is 0 Å². The van der Waals surface area contributed by atoms with Crippen LogP contribution in [0.5, 0.6) is 11.5 Å². The van der Waals surface area contributed by atoms with E-state index >= 15 is 0 Å². The lowest BCUT2D eigenvalue weighted by Crippen LogP contribution is -2.55. The second kappa shape index (κ2) is 9.34. The van der Waals surface area contributed by atoms with Crippen molar-refractivity contribution < 1.29 is 44.2 Å². The second-order valence-corrected chi connectivity index (χ2v) is 7.78. The third kappa shape index (κ3) is 4.37. The van der Waals surface area contributed by atoms with Gasteiger partial charge in [-0.05, 0) is 35.9 Å². The van der Waals surface area contributed by atoms with Crippen LogP contribution in [0.4, 0.5) is 0 Å². The van der Waals surface area contributed by atoms with Gasteiger partial charge in [0.1, 0.15) is 47.6 Å². The molecule has 0 amide bonds. The van der Waals surface area contributed by atoms with E-state index in [1.807, 2.05) is 6.07 Å². The number of phenolic OH excluding ortho intramolecular Hbond substituents is 1. The van der Waals surface area contributed by atoms with Crippen molar-refractivity contribution in [2.75, 3.05) is 13.7 Å². The quantitative estimate of drug-likeness (QED) is 0.275. The van der Waals surface area contributed by atoms with E-state index in [1.54, 1.807) is 30.5 Å². The maximum Gasteiger partial charge on any atom is 0.189 e. The number of methoxy groups -OCH3 is 1. The fraction of sp³-hybridized carbons (Fsp3) is 0.292. The Labute approximate surface area is 188 Å². The van der Waals surface area contributed by atoms with Crippen molar-refractivity contribution in [3.63, 3.8) is 0 Å². The number of hydrogen-bond acceptors (Lipinski definition) is 9. The highest BCUT2D eigenvalue weighted by atomic mass is 16.5. The summed E-state index contributed by atoms with van der Waals surface area (Å²) in [6.07, 6.45) is -2.61. The minimum absolute atomic E-state index is 0.0802. The predicted octanol–water partition coefficient (Wildman–Crippen LogP) is 1.56. The summed E-state index contributed by atoms with van der Waals surface area (Å²) in [6.45, 7) is -0.600. The van der Waals surface area contributed by atoms with Crippen LogP contribution in [0.3, 0.4) is 0 Å². The summed E-state index contributed by atoms with van der Waals surface area (Å²) in [5, 5.41) is 51.4. The lowest BCUT2D eigenvalue weighted by Gasteiger charge is -2.40. The summed E-state index contributed by atoms with van der Waals surface area (Å²) >= 11 is 0. The van der Waals surface area contributed by atoms with E-state index < -0.39 is 42.9 Å². The number of hydrogen-bond donors (Lipinski definition) is 5. The molecule has 1 fully saturated rings. The highest BCUT2D eigenvalue weighted by molar-refractivity contribution is 6.09. The molecule has 0 radical (unpaired) electrons. The van der Waals surface area contributed by atoms with Gasteiger partial charge in [-0.25, -0.2) is 0 Å². The first-order chi connectivity index (χ1) is 15.8. The van der Waals surface area contributed by atoms with Crippen molar-refractivity contribution >= 4 is 22.8 Å². The number of phenols is 1. The molecule has 9 heteroatoms. The van der Waals surface area contributed by atoms with Crippen molar-refractivity contribution in [2.45, 2.75) is 30.5 Å². The van der Waals surface area contributed by atoms with Crippen LogP contribution in [-0.2, 0) is 4.74 Å². The molecule has 3 aromatic rings. The van der Waals surface area contributed by atoms with Crippen molar-refractivity contribution in [2.24, 2.45) is 0 Å². The summed E-state index contributed by atoms with van der Waals surface area (Å²) < 4.78 is 16.1. The van der Waals surface area contributed by atoms with E-state index in [-0.39, 0.29) is 22.6 Å². The lowest BCUT2D eigenvalue weighted by molar-refractivity contribution is -0.232. The molecule has 1 saturated heterocycles. The Bertz CT molecular complexity index is 1180. The Morgan fingerprint density at radius 1 is 1.09 bits per heavy atom. The number of carbonyl (C=O) groups excluding carboxylic acids is 1. The molecular weight excluding hydrogens is 432 g/mol. The number of rotatable bonds is 6. The average molecular weight is 456 g/mol. The molecule has 1 aliphatic rings. The zero-order valence-electron chi connectivity index (χ0n) is 17.7. The number of fused-ring (bicyclic) bond motifs is 1. The molecule has 1 aromatic heterocycles. The Hall–Kier alpha value is -3.21. The van der Waals surface area contributed by atoms with Gasteiger partial charge in [0, 0.05) is 17.0 Å². The van der Waals surface area contributed by atoms with Gasteiger partial charge in [0.05, 0.1) is 25.5 Å². The van der Waals surface area contributed by atoms with E-state index in [2.05, 4.69) is 0 Å². The van der Waals surface area contributed by atoms with Crippen LogP contribution in [0.15, 0.2) is 53.2 Å². The highest BCUT2D eigenvalue weighted by Crippen LogP contribution is 2.40. The van der Waals surface area contributed by atoms with Gasteiger partial charge in [-0.15, -0.1) is 0 Å². The third-order valence-electron chi connectivity index (χ3n) is 5.72.